The van der Waals surface area contributed by atoms with Crippen molar-refractivity contribution < 1.29 is 0 Å². The standard InChI is InChI=1S/C106H92.C12H12.C2H6/c1-9-17-77-47-85-25-26-86-48-78(18-10-2)52-90(64-86)30-34-94-56-82(22-14-6)60-98(68-94)38-43-103-72-104-44-40-100-62-84(24-16-8)58-96(70-100)36-32-92-54-80(20-12-4)50-88(66-92)28-27-87-49-79(19-11-3)53-91(65-87)31-35-95-57-83(23-15-7)61-99(69-95)39-42-102-71-101(73-105(74-102)45-46-106(75-103)76-104)41-37-97-59-81(21-13-5)55-93(67-97)33-29-89(51-77)63-85;1-4-10-7-11(5-2)9-12(6-3)8-10;1-2/h9-76H,1-8H3;4-9H,1-3H2;1-2H3. The quantitative estimate of drug-likeness (QED) is 0.121. The zero-order valence-electron chi connectivity index (χ0n) is 71.3. The van der Waals surface area contributed by atoms with Gasteiger partial charge in [-0.3, -0.25) is 0 Å². The molecule has 0 aliphatic rings. The first-order valence-corrected chi connectivity index (χ1v) is 41.8. The molecule has 0 saturated heterocycles. The maximum Gasteiger partial charge on any atom is -0.0245 e. The number of hydrogen-bond donors (Lipinski definition) is 0. The second-order valence-corrected chi connectivity index (χ2v) is 29.5. The zero-order chi connectivity index (χ0) is 84.4. The molecule has 590 valence electrons. The second-order valence-electron chi connectivity index (χ2n) is 29.5. The van der Waals surface area contributed by atoms with Gasteiger partial charge in [-0.25, -0.2) is 0 Å². The fourth-order valence-electron chi connectivity index (χ4n) is 14.6. The Morgan fingerprint density at radius 3 is 0.283 bits per heavy atom. The Labute approximate surface area is 712 Å². The van der Waals surface area contributed by atoms with Crippen molar-refractivity contribution in [3.8, 4) is 0 Å². The molecule has 0 heterocycles. The first-order chi connectivity index (χ1) is 58.7. The fraction of sp³-hybridized carbons (Fsp3) is 0.0833. The van der Waals surface area contributed by atoms with E-state index in [0.29, 0.717) is 0 Å². The summed E-state index contributed by atoms with van der Waals surface area (Å²) in [4.78, 5) is 0. The van der Waals surface area contributed by atoms with Crippen molar-refractivity contribution in [3.05, 3.63) is 463 Å². The smallest absolute Gasteiger partial charge is 0.0245 e. The Hall–Kier alpha value is -14.3. The van der Waals surface area contributed by atoms with Crippen molar-refractivity contribution in [1.29, 1.82) is 0 Å². The van der Waals surface area contributed by atoms with Crippen molar-refractivity contribution in [2.75, 3.05) is 0 Å². The number of hydrogen-bond acceptors (Lipinski definition) is 0. The van der Waals surface area contributed by atoms with Crippen molar-refractivity contribution in [2.24, 2.45) is 0 Å². The summed E-state index contributed by atoms with van der Waals surface area (Å²) in [5, 5.41) is 24.4. The van der Waals surface area contributed by atoms with E-state index in [0.717, 1.165) is 180 Å². The van der Waals surface area contributed by atoms with E-state index in [-0.39, 0.29) is 0 Å². The van der Waals surface area contributed by atoms with Crippen LogP contribution in [-0.4, -0.2) is 0 Å². The van der Waals surface area contributed by atoms with Gasteiger partial charge in [-0.15, -0.1) is 0 Å². The highest BCUT2D eigenvalue weighted by Gasteiger charge is 2.02. The third-order valence-corrected chi connectivity index (χ3v) is 19.7. The fourth-order valence-corrected chi connectivity index (χ4v) is 14.6. The summed E-state index contributed by atoms with van der Waals surface area (Å²) >= 11 is 0. The minimum atomic E-state index is 1.08. The summed E-state index contributed by atoms with van der Waals surface area (Å²) in [6.07, 6.45) is 39.8. The largest absolute Gasteiger partial charge is 0.0985 e. The van der Waals surface area contributed by atoms with Gasteiger partial charge in [0.1, 0.15) is 0 Å². The highest BCUT2D eigenvalue weighted by atomic mass is 14.1. The van der Waals surface area contributed by atoms with E-state index in [4.69, 9.17) is 0 Å². The van der Waals surface area contributed by atoms with E-state index in [1.165, 1.54) is 0 Å². The van der Waals surface area contributed by atoms with Gasteiger partial charge >= 0.3 is 0 Å². The minimum absolute atomic E-state index is 1.08. The van der Waals surface area contributed by atoms with E-state index in [1.54, 1.807) is 0 Å². The molecule has 22 bridgehead atoms. The molecular weight excluding hydrogens is 1440 g/mol. The van der Waals surface area contributed by atoms with Gasteiger partial charge in [-0.05, 0) is 435 Å². The van der Waals surface area contributed by atoms with E-state index < -0.39 is 0 Å². The lowest BCUT2D eigenvalue weighted by atomic mass is 10.1. The van der Waals surface area contributed by atoms with Gasteiger partial charge in [-0.2, -0.15) is 0 Å². The van der Waals surface area contributed by atoms with Crippen molar-refractivity contribution in [1.82, 2.24) is 0 Å². The van der Waals surface area contributed by atoms with Gasteiger partial charge in [0.25, 0.3) is 0 Å². The van der Waals surface area contributed by atoms with E-state index >= 15 is 0 Å². The molecule has 13 aromatic rings. The summed E-state index contributed by atoms with van der Waals surface area (Å²) in [5.74, 6) is 0. The highest BCUT2D eigenvalue weighted by molar-refractivity contribution is 5.87. The Balaban J connectivity index is 0.000000918. The first-order valence-electron chi connectivity index (χ1n) is 41.8. The predicted molar refractivity (Wildman–Crippen MR) is 546 cm³/mol. The minimum Gasteiger partial charge on any atom is -0.0985 e. The van der Waals surface area contributed by atoms with Crippen LogP contribution < -0.4 is 0 Å². The molecule has 0 amide bonds. The number of rotatable bonds is 11. The van der Waals surface area contributed by atoms with Crippen LogP contribution in [0.25, 0.3) is 185 Å². The van der Waals surface area contributed by atoms with Gasteiger partial charge in [-0.1, -0.05) is 282 Å². The normalized spacial score (nSPS) is 11.2. The molecule has 13 aromatic carbocycles. The Bertz CT molecular complexity index is 6080. The lowest BCUT2D eigenvalue weighted by Gasteiger charge is -2.00. The van der Waals surface area contributed by atoms with Gasteiger partial charge in [0.15, 0.2) is 0 Å². The summed E-state index contributed by atoms with van der Waals surface area (Å²) in [7, 11) is 0. The molecule has 0 aliphatic carbocycles. The number of fused-ring (bicyclic) bond motifs is 21. The topological polar surface area (TPSA) is 0 Å². The van der Waals surface area contributed by atoms with Crippen molar-refractivity contribution >= 4 is 185 Å². The van der Waals surface area contributed by atoms with Crippen LogP contribution in [0.4, 0.5) is 0 Å². The molecule has 0 heteroatoms. The average molecular weight is 1550 g/mol. The maximum absolute atomic E-state index is 3.71. The molecule has 0 N–H and O–H groups in total. The third-order valence-electron chi connectivity index (χ3n) is 19.7. The number of allylic oxidation sites excluding steroid dienone is 8. The van der Waals surface area contributed by atoms with Crippen LogP contribution in [0.3, 0.4) is 0 Å². The lowest BCUT2D eigenvalue weighted by Crippen LogP contribution is -1.79. The molecule has 0 fully saturated rings. The van der Waals surface area contributed by atoms with Crippen LogP contribution in [0.1, 0.15) is 130 Å². The summed E-state index contributed by atoms with van der Waals surface area (Å²) in [6.45, 7) is 31.8. The monoisotopic (exact) mass is 1550 g/mol. The van der Waals surface area contributed by atoms with Gasteiger partial charge in [0, 0.05) is 0 Å². The summed E-state index contributed by atoms with van der Waals surface area (Å²) in [6, 6.07) is 124. The molecule has 0 saturated carbocycles. The van der Waals surface area contributed by atoms with Crippen molar-refractivity contribution in [3.63, 3.8) is 0 Å². The van der Waals surface area contributed by atoms with Crippen LogP contribution in [0.15, 0.2) is 402 Å². The zero-order valence-corrected chi connectivity index (χ0v) is 71.3. The molecule has 0 nitrogen and oxygen atoms in total. The van der Waals surface area contributed by atoms with Crippen LogP contribution in [0.2, 0.25) is 0 Å². The number of benzene rings is 11. The lowest BCUT2D eigenvalue weighted by molar-refractivity contribution is 1.50. The first kappa shape index (κ1) is 86.6. The van der Waals surface area contributed by atoms with Crippen LogP contribution in [0, 0.1) is 0 Å². The van der Waals surface area contributed by atoms with Crippen molar-refractivity contribution in [2.45, 2.75) is 69.2 Å². The Kier molecular flexibility index (Phi) is 32.2. The summed E-state index contributed by atoms with van der Waals surface area (Å²) < 4.78 is 0. The molecule has 13 rings (SSSR count). The highest BCUT2D eigenvalue weighted by Crippen LogP contribution is 2.26. The Morgan fingerprint density at radius 2 is 0.208 bits per heavy atom. The molecule has 0 unspecified atom stereocenters. The van der Waals surface area contributed by atoms with E-state index in [9.17, 15) is 0 Å². The van der Waals surface area contributed by atoms with Crippen LogP contribution in [-0.2, 0) is 0 Å². The molecule has 0 aliphatic heterocycles. The SMILES string of the molecule is C=Cc1cc(C=C)cc(C=C)c1.CC.CC=Cc1cc2ccc3cc(C=CC)cc(ccc4cc(C=CC)cc(ccc5cc6ccc7cc(C=CC)cc(ccc8cc(C=CC)cc(ccc9cc(C=CC)cc(ccc%10cc(C=CC)cc(ccc%11cc(ccc%12cc(C=CC)cc(ccc(c1)c2)c%12)cc(ccc(c5)c6)c%11)c%10)c9)c8)c7)c4)c3. The molecule has 120 heavy (non-hydrogen) atoms. The van der Waals surface area contributed by atoms with Crippen LogP contribution in [0.5, 0.6) is 0 Å². The van der Waals surface area contributed by atoms with Crippen LogP contribution >= 0.6 is 0 Å². The molecule has 0 radical (unpaired) electrons. The average Bonchev–Trinajstić information content (AvgIpc) is 0.840. The third kappa shape index (κ3) is 26.6. The van der Waals surface area contributed by atoms with E-state index in [1.807, 2.05) is 50.3 Å². The van der Waals surface area contributed by atoms with E-state index in [2.05, 4.69) is 488 Å². The molecule has 0 spiro atoms. The molecular formula is C120H110. The van der Waals surface area contributed by atoms with Gasteiger partial charge < -0.3 is 0 Å². The second kappa shape index (κ2) is 44.7. The van der Waals surface area contributed by atoms with Gasteiger partial charge in [0.05, 0.1) is 0 Å². The molecule has 0 aromatic heterocycles. The van der Waals surface area contributed by atoms with Gasteiger partial charge in [0.2, 0.25) is 0 Å². The maximum atomic E-state index is 3.71. The summed E-state index contributed by atoms with van der Waals surface area (Å²) in [5.41, 5.74) is 12.4. The molecule has 0 atom stereocenters. The predicted octanol–water partition coefficient (Wildman–Crippen LogP) is 36.3. The Morgan fingerprint density at radius 1 is 0.125 bits per heavy atom.